The van der Waals surface area contributed by atoms with E-state index in [1.807, 2.05) is 43.3 Å². The minimum Gasteiger partial charge on any atom is -0.369 e. The summed E-state index contributed by atoms with van der Waals surface area (Å²) < 4.78 is 0. The lowest BCUT2D eigenvalue weighted by Crippen LogP contribution is -2.40. The van der Waals surface area contributed by atoms with E-state index in [-0.39, 0.29) is 24.3 Å². The molecule has 4 unspecified atom stereocenters. The molecule has 0 radical (unpaired) electrons. The number of primary amides is 1. The standard InChI is InChI=1S/C31H39N3O3S2/c1-5-26(17-16-24-12-8-6-9-13-24)38-23(4)31-34(19-18-21(2)29(32)36)30(37)27(39-31)20-28(35)33-22(3)25-14-10-7-11-15-25/h5-6,8-9,12-13,18-19,21-22,25,27,31H,4,7,10-11,14-15,20H2,1-3H3,(H2,32,36)(H,33,35)/b19-18+,26-5-. The number of rotatable bonds is 10. The molecule has 4 atom stereocenters. The molecule has 0 spiro atoms. The van der Waals surface area contributed by atoms with Crippen molar-refractivity contribution >= 4 is 41.2 Å². The van der Waals surface area contributed by atoms with Crippen molar-refractivity contribution in [1.82, 2.24) is 10.2 Å². The Morgan fingerprint density at radius 3 is 2.56 bits per heavy atom. The van der Waals surface area contributed by atoms with E-state index in [4.69, 9.17) is 5.73 Å². The molecule has 1 aliphatic carbocycles. The summed E-state index contributed by atoms with van der Waals surface area (Å²) in [6, 6.07) is 9.81. The van der Waals surface area contributed by atoms with E-state index in [9.17, 15) is 14.4 Å². The van der Waals surface area contributed by atoms with Crippen molar-refractivity contribution in [2.24, 2.45) is 17.6 Å². The molecule has 3 amide bonds. The summed E-state index contributed by atoms with van der Waals surface area (Å²) in [6.07, 6.45) is 11.2. The lowest BCUT2D eigenvalue weighted by molar-refractivity contribution is -0.130. The van der Waals surface area contributed by atoms with Gasteiger partial charge in [0.1, 0.15) is 5.37 Å². The first kappa shape index (κ1) is 30.6. The highest BCUT2D eigenvalue weighted by atomic mass is 32.2. The van der Waals surface area contributed by atoms with Crippen LogP contribution in [0.1, 0.15) is 64.9 Å². The van der Waals surface area contributed by atoms with E-state index < -0.39 is 22.4 Å². The van der Waals surface area contributed by atoms with Gasteiger partial charge in [-0.2, -0.15) is 0 Å². The normalized spacial score (nSPS) is 21.8. The van der Waals surface area contributed by atoms with Crippen LogP contribution in [0.25, 0.3) is 0 Å². The zero-order chi connectivity index (χ0) is 28.4. The molecule has 2 aliphatic rings. The van der Waals surface area contributed by atoms with Gasteiger partial charge in [-0.05, 0) is 44.7 Å². The Morgan fingerprint density at radius 2 is 1.92 bits per heavy atom. The van der Waals surface area contributed by atoms with Crippen molar-refractivity contribution in [3.63, 3.8) is 0 Å². The smallest absolute Gasteiger partial charge is 0.241 e. The van der Waals surface area contributed by atoms with E-state index in [2.05, 4.69) is 30.7 Å². The lowest BCUT2D eigenvalue weighted by atomic mass is 9.84. The van der Waals surface area contributed by atoms with Crippen LogP contribution in [0.2, 0.25) is 0 Å². The van der Waals surface area contributed by atoms with Crippen molar-refractivity contribution in [2.75, 3.05) is 0 Å². The maximum Gasteiger partial charge on any atom is 0.241 e. The molecule has 0 aromatic heterocycles. The minimum absolute atomic E-state index is 0.0912. The van der Waals surface area contributed by atoms with Crippen LogP contribution in [0.4, 0.5) is 0 Å². The third-order valence-corrected chi connectivity index (χ3v) is 9.72. The maximum absolute atomic E-state index is 13.5. The molecule has 1 saturated carbocycles. The van der Waals surface area contributed by atoms with E-state index in [0.717, 1.165) is 28.2 Å². The van der Waals surface area contributed by atoms with Gasteiger partial charge in [-0.25, -0.2) is 0 Å². The summed E-state index contributed by atoms with van der Waals surface area (Å²) in [7, 11) is 0. The van der Waals surface area contributed by atoms with Gasteiger partial charge in [0.2, 0.25) is 17.7 Å². The molecule has 6 nitrogen and oxygen atoms in total. The molecule has 1 heterocycles. The first-order chi connectivity index (χ1) is 18.7. The predicted octanol–water partition coefficient (Wildman–Crippen LogP) is 5.57. The van der Waals surface area contributed by atoms with Crippen molar-refractivity contribution in [1.29, 1.82) is 0 Å². The average molecular weight is 566 g/mol. The number of nitrogens with two attached hydrogens (primary N) is 1. The Bertz CT molecular complexity index is 1160. The van der Waals surface area contributed by atoms with Gasteiger partial charge >= 0.3 is 0 Å². The third-order valence-electron chi connectivity index (χ3n) is 7.06. The van der Waals surface area contributed by atoms with E-state index >= 15 is 0 Å². The Labute approximate surface area is 241 Å². The van der Waals surface area contributed by atoms with Crippen LogP contribution in [-0.4, -0.2) is 39.3 Å². The molecular formula is C31H39N3O3S2. The van der Waals surface area contributed by atoms with Crippen molar-refractivity contribution in [3.05, 3.63) is 70.6 Å². The number of nitrogens with one attached hydrogen (secondary N) is 1. The van der Waals surface area contributed by atoms with Crippen LogP contribution in [0.15, 0.2) is 65.1 Å². The summed E-state index contributed by atoms with van der Waals surface area (Å²) in [4.78, 5) is 41.1. The fourth-order valence-corrected chi connectivity index (χ4v) is 6.91. The van der Waals surface area contributed by atoms with Gasteiger partial charge in [0.05, 0.1) is 16.1 Å². The molecule has 0 bridgehead atoms. The third kappa shape index (κ3) is 9.08. The van der Waals surface area contributed by atoms with Gasteiger partial charge in [0, 0.05) is 29.1 Å². The largest absolute Gasteiger partial charge is 0.369 e. The highest BCUT2D eigenvalue weighted by Crippen LogP contribution is 2.43. The van der Waals surface area contributed by atoms with Crippen LogP contribution in [0.5, 0.6) is 0 Å². The Hall–Kier alpha value is -2.89. The molecule has 2 fully saturated rings. The summed E-state index contributed by atoms with van der Waals surface area (Å²) in [5, 5.41) is 2.17. The molecule has 1 aromatic carbocycles. The highest BCUT2D eigenvalue weighted by molar-refractivity contribution is 8.09. The summed E-state index contributed by atoms with van der Waals surface area (Å²) >= 11 is 2.82. The minimum atomic E-state index is -0.552. The summed E-state index contributed by atoms with van der Waals surface area (Å²) in [5.74, 6) is 5.52. The van der Waals surface area contributed by atoms with Crippen LogP contribution in [0, 0.1) is 23.7 Å². The molecule has 1 saturated heterocycles. The number of benzene rings is 1. The first-order valence-electron chi connectivity index (χ1n) is 13.5. The zero-order valence-corrected chi connectivity index (χ0v) is 24.7. The molecule has 1 aliphatic heterocycles. The van der Waals surface area contributed by atoms with Gasteiger partial charge in [-0.1, -0.05) is 86.7 Å². The summed E-state index contributed by atoms with van der Waals surface area (Å²) in [5.41, 5.74) is 6.33. The predicted molar refractivity (Wildman–Crippen MR) is 162 cm³/mol. The van der Waals surface area contributed by atoms with Gasteiger partial charge in [-0.15, -0.1) is 11.8 Å². The molecular weight excluding hydrogens is 526 g/mol. The van der Waals surface area contributed by atoms with Gasteiger partial charge in [0.25, 0.3) is 0 Å². The number of thioether (sulfide) groups is 2. The van der Waals surface area contributed by atoms with Crippen molar-refractivity contribution < 1.29 is 14.4 Å². The van der Waals surface area contributed by atoms with Crippen LogP contribution >= 0.6 is 23.5 Å². The quantitative estimate of drug-likeness (QED) is 0.362. The number of hydrogen-bond donors (Lipinski definition) is 2. The van der Waals surface area contributed by atoms with Crippen LogP contribution in [0.3, 0.4) is 0 Å². The molecule has 3 rings (SSSR count). The number of allylic oxidation sites excluding steroid dienone is 2. The molecule has 3 N–H and O–H groups in total. The number of hydrogen-bond acceptors (Lipinski definition) is 5. The van der Waals surface area contributed by atoms with Crippen LogP contribution < -0.4 is 11.1 Å². The van der Waals surface area contributed by atoms with Crippen LogP contribution in [-0.2, 0) is 14.4 Å². The van der Waals surface area contributed by atoms with Gasteiger partial charge in [-0.3, -0.25) is 14.4 Å². The van der Waals surface area contributed by atoms with E-state index in [1.165, 1.54) is 42.8 Å². The molecule has 1 aromatic rings. The Morgan fingerprint density at radius 1 is 1.23 bits per heavy atom. The summed E-state index contributed by atoms with van der Waals surface area (Å²) in [6.45, 7) is 9.92. The van der Waals surface area contributed by atoms with E-state index in [1.54, 1.807) is 24.1 Å². The number of carbonyl (C=O) groups excluding carboxylic acids is 3. The average Bonchev–Trinajstić information content (AvgIpc) is 3.24. The molecule has 39 heavy (non-hydrogen) atoms. The SMILES string of the molecule is C=C(S/C(C#Cc1ccccc1)=C\C)C1SC(CC(=O)NC(C)C2CCCCC2)C(=O)N1/C=C/C(C)C(N)=O. The molecule has 8 heteroatoms. The number of amides is 3. The van der Waals surface area contributed by atoms with Gasteiger partial charge < -0.3 is 16.0 Å². The fourth-order valence-electron chi connectivity index (χ4n) is 4.63. The second kappa shape index (κ2) is 15.0. The topological polar surface area (TPSA) is 92.5 Å². The van der Waals surface area contributed by atoms with E-state index in [0.29, 0.717) is 5.92 Å². The zero-order valence-electron chi connectivity index (χ0n) is 23.0. The number of nitrogens with zero attached hydrogens (tertiary/aromatic N) is 1. The highest BCUT2D eigenvalue weighted by Gasteiger charge is 2.42. The van der Waals surface area contributed by atoms with Gasteiger partial charge in [0.15, 0.2) is 0 Å². The first-order valence-corrected chi connectivity index (χ1v) is 15.3. The molecule has 208 valence electrons. The van der Waals surface area contributed by atoms with Crippen molar-refractivity contribution in [2.45, 2.75) is 76.0 Å². The monoisotopic (exact) mass is 565 g/mol. The Kier molecular flexibility index (Phi) is 11.8. The van der Waals surface area contributed by atoms with Crippen molar-refractivity contribution in [3.8, 4) is 11.8 Å². The number of carbonyl (C=O) groups is 3. The maximum atomic E-state index is 13.5. The second-order valence-electron chi connectivity index (χ2n) is 10.1. The Balaban J connectivity index is 1.71. The lowest BCUT2D eigenvalue weighted by Gasteiger charge is -2.28. The second-order valence-corrected chi connectivity index (χ2v) is 12.5. The fraction of sp³-hybridized carbons (Fsp3) is 0.452.